The molecule has 0 unspecified atom stereocenters. The molecule has 0 bridgehead atoms. The number of amides is 1. The summed E-state index contributed by atoms with van der Waals surface area (Å²) in [5.74, 6) is 1.28. The summed E-state index contributed by atoms with van der Waals surface area (Å²) in [6, 6.07) is 10.2. The fourth-order valence-corrected chi connectivity index (χ4v) is 4.90. The van der Waals surface area contributed by atoms with E-state index in [1.807, 2.05) is 17.0 Å². The second-order valence-corrected chi connectivity index (χ2v) is 9.29. The predicted octanol–water partition coefficient (Wildman–Crippen LogP) is 3.55. The zero-order valence-corrected chi connectivity index (χ0v) is 18.6. The Morgan fingerprint density at radius 1 is 1.16 bits per heavy atom. The van der Waals surface area contributed by atoms with Gasteiger partial charge in [0.25, 0.3) is 0 Å². The van der Waals surface area contributed by atoms with Gasteiger partial charge in [-0.05, 0) is 43.0 Å². The molecule has 0 aliphatic carbocycles. The number of furan rings is 1. The van der Waals surface area contributed by atoms with Gasteiger partial charge in [-0.25, -0.2) is 9.97 Å². The van der Waals surface area contributed by atoms with Crippen LogP contribution in [0, 0.1) is 11.3 Å². The van der Waals surface area contributed by atoms with Crippen molar-refractivity contribution in [1.29, 1.82) is 0 Å². The van der Waals surface area contributed by atoms with Gasteiger partial charge >= 0.3 is 0 Å². The summed E-state index contributed by atoms with van der Waals surface area (Å²) < 4.78 is 11.4. The highest BCUT2D eigenvalue weighted by Gasteiger charge is 2.40. The van der Waals surface area contributed by atoms with Crippen LogP contribution in [0.1, 0.15) is 25.3 Å². The van der Waals surface area contributed by atoms with Crippen LogP contribution in [0.15, 0.2) is 53.4 Å². The second-order valence-electron chi connectivity index (χ2n) is 9.29. The number of carbonyl (C=O) groups is 1. The molecule has 168 valence electrons. The number of benzene rings is 1. The summed E-state index contributed by atoms with van der Waals surface area (Å²) in [7, 11) is 0. The van der Waals surface area contributed by atoms with Gasteiger partial charge in [-0.3, -0.25) is 4.79 Å². The number of fused-ring (bicyclic) bond motifs is 1. The Kier molecular flexibility index (Phi) is 5.83. The zero-order valence-electron chi connectivity index (χ0n) is 18.6. The molecule has 2 aliphatic heterocycles. The summed E-state index contributed by atoms with van der Waals surface area (Å²) in [5, 5.41) is 1.11. The maximum atomic E-state index is 13.6. The molecule has 3 aromatic rings. The molecule has 7 heteroatoms. The minimum atomic E-state index is -0.354. The quantitative estimate of drug-likeness (QED) is 0.625. The van der Waals surface area contributed by atoms with Crippen LogP contribution < -0.4 is 4.90 Å². The molecule has 0 radical (unpaired) electrons. The standard InChI is InChI=1S/C25H30N4O3/c1-25(6-10-28(11-7-25)24-26-8-2-9-27-24)23(30)29-12-14-31-18-20(17-29)15-19-3-4-21-5-13-32-22(21)16-19/h2-5,8-9,13,16,20H,6-7,10-12,14-15,17-18H2,1H3/t20-/m1/s1. The normalized spacial score (nSPS) is 21.5. The molecule has 4 heterocycles. The Labute approximate surface area is 188 Å². The number of aromatic nitrogens is 2. The first-order chi connectivity index (χ1) is 15.6. The SMILES string of the molecule is CC1(C(=O)N2CCOC[C@H](Cc3ccc4ccoc4c3)C2)CCN(c2ncccn2)CC1. The van der Waals surface area contributed by atoms with Gasteiger partial charge in [-0.15, -0.1) is 0 Å². The number of anilines is 1. The van der Waals surface area contributed by atoms with E-state index in [1.54, 1.807) is 18.7 Å². The van der Waals surface area contributed by atoms with Crippen molar-refractivity contribution in [1.82, 2.24) is 14.9 Å². The van der Waals surface area contributed by atoms with Crippen LogP contribution >= 0.6 is 0 Å². The van der Waals surface area contributed by atoms with E-state index in [4.69, 9.17) is 9.15 Å². The van der Waals surface area contributed by atoms with Gasteiger partial charge in [-0.2, -0.15) is 0 Å². The van der Waals surface area contributed by atoms with Crippen LogP contribution in [-0.4, -0.2) is 60.2 Å². The lowest BCUT2D eigenvalue weighted by atomic mass is 9.79. The topological polar surface area (TPSA) is 71.7 Å². The van der Waals surface area contributed by atoms with E-state index in [2.05, 4.69) is 40.0 Å². The molecule has 2 aromatic heterocycles. The molecule has 0 N–H and O–H groups in total. The van der Waals surface area contributed by atoms with E-state index in [0.717, 1.165) is 55.8 Å². The third-order valence-electron chi connectivity index (χ3n) is 6.89. The van der Waals surface area contributed by atoms with Crippen molar-refractivity contribution in [3.8, 4) is 0 Å². The third-order valence-corrected chi connectivity index (χ3v) is 6.89. The Bertz CT molecular complexity index is 1060. The average Bonchev–Trinajstić information content (AvgIpc) is 3.17. The lowest BCUT2D eigenvalue weighted by molar-refractivity contribution is -0.142. The van der Waals surface area contributed by atoms with Gasteiger partial charge in [0.2, 0.25) is 11.9 Å². The maximum absolute atomic E-state index is 13.6. The minimum absolute atomic E-state index is 0.253. The number of carbonyl (C=O) groups excluding carboxylic acids is 1. The highest BCUT2D eigenvalue weighted by Crippen LogP contribution is 2.34. The first-order valence-electron chi connectivity index (χ1n) is 11.5. The van der Waals surface area contributed by atoms with Crippen molar-refractivity contribution >= 4 is 22.8 Å². The predicted molar refractivity (Wildman–Crippen MR) is 122 cm³/mol. The maximum Gasteiger partial charge on any atom is 0.228 e. The van der Waals surface area contributed by atoms with E-state index < -0.39 is 0 Å². The van der Waals surface area contributed by atoms with Crippen molar-refractivity contribution < 1.29 is 13.9 Å². The molecule has 1 amide bonds. The van der Waals surface area contributed by atoms with Crippen molar-refractivity contribution in [2.45, 2.75) is 26.2 Å². The van der Waals surface area contributed by atoms with Crippen LogP contribution in [0.4, 0.5) is 5.95 Å². The summed E-state index contributed by atoms with van der Waals surface area (Å²) in [4.78, 5) is 26.5. The number of hydrogen-bond acceptors (Lipinski definition) is 6. The third kappa shape index (κ3) is 4.35. The molecule has 2 aliphatic rings. The molecule has 32 heavy (non-hydrogen) atoms. The molecule has 7 nitrogen and oxygen atoms in total. The molecule has 0 saturated carbocycles. The number of hydrogen-bond donors (Lipinski definition) is 0. The first-order valence-corrected chi connectivity index (χ1v) is 11.5. The number of rotatable bonds is 4. The molecule has 2 fully saturated rings. The minimum Gasteiger partial charge on any atom is -0.464 e. The van der Waals surface area contributed by atoms with E-state index in [0.29, 0.717) is 19.8 Å². The van der Waals surface area contributed by atoms with Crippen LogP contribution in [0.3, 0.4) is 0 Å². The summed E-state index contributed by atoms with van der Waals surface area (Å²) in [5.41, 5.74) is 1.78. The molecule has 1 aromatic carbocycles. The lowest BCUT2D eigenvalue weighted by Crippen LogP contribution is -2.50. The number of piperidine rings is 1. The van der Waals surface area contributed by atoms with Gasteiger partial charge < -0.3 is 19.0 Å². The van der Waals surface area contributed by atoms with E-state index >= 15 is 0 Å². The number of ether oxygens (including phenoxy) is 1. The van der Waals surface area contributed by atoms with Gasteiger partial charge in [-0.1, -0.05) is 19.1 Å². The largest absolute Gasteiger partial charge is 0.464 e. The monoisotopic (exact) mass is 434 g/mol. The summed E-state index contributed by atoms with van der Waals surface area (Å²) in [6.45, 7) is 6.37. The van der Waals surface area contributed by atoms with E-state index in [-0.39, 0.29) is 17.2 Å². The second kappa shape index (κ2) is 8.90. The Hall–Kier alpha value is -2.93. The van der Waals surface area contributed by atoms with Gasteiger partial charge in [0.05, 0.1) is 19.5 Å². The van der Waals surface area contributed by atoms with Gasteiger partial charge in [0, 0.05) is 55.3 Å². The van der Waals surface area contributed by atoms with Gasteiger partial charge in [0.15, 0.2) is 0 Å². The lowest BCUT2D eigenvalue weighted by Gasteiger charge is -2.41. The van der Waals surface area contributed by atoms with Crippen LogP contribution in [0.2, 0.25) is 0 Å². The highest BCUT2D eigenvalue weighted by molar-refractivity contribution is 5.83. The molecular weight excluding hydrogens is 404 g/mol. The van der Waals surface area contributed by atoms with Crippen molar-refractivity contribution in [3.05, 3.63) is 54.6 Å². The fourth-order valence-electron chi connectivity index (χ4n) is 4.90. The summed E-state index contributed by atoms with van der Waals surface area (Å²) in [6.07, 6.45) is 7.74. The van der Waals surface area contributed by atoms with Crippen LogP contribution in [0.25, 0.3) is 11.0 Å². The van der Waals surface area contributed by atoms with E-state index in [9.17, 15) is 4.79 Å². The fraction of sp³-hybridized carbons (Fsp3) is 0.480. The molecule has 0 spiro atoms. The van der Waals surface area contributed by atoms with Crippen molar-refractivity contribution in [2.75, 3.05) is 44.3 Å². The van der Waals surface area contributed by atoms with Crippen molar-refractivity contribution in [3.63, 3.8) is 0 Å². The van der Waals surface area contributed by atoms with E-state index in [1.165, 1.54) is 5.56 Å². The van der Waals surface area contributed by atoms with Crippen molar-refractivity contribution in [2.24, 2.45) is 11.3 Å². The summed E-state index contributed by atoms with van der Waals surface area (Å²) >= 11 is 0. The average molecular weight is 435 g/mol. The molecule has 5 rings (SSSR count). The first kappa shape index (κ1) is 20.9. The molecular formula is C25H30N4O3. The highest BCUT2D eigenvalue weighted by atomic mass is 16.5. The Balaban J connectivity index is 1.23. The van der Waals surface area contributed by atoms with Crippen LogP contribution in [0.5, 0.6) is 0 Å². The molecule has 2 saturated heterocycles. The Morgan fingerprint density at radius 3 is 2.78 bits per heavy atom. The number of nitrogens with zero attached hydrogens (tertiary/aromatic N) is 4. The van der Waals surface area contributed by atoms with Crippen LogP contribution in [-0.2, 0) is 16.0 Å². The zero-order chi connectivity index (χ0) is 22.0. The molecule has 1 atom stereocenters. The van der Waals surface area contributed by atoms with Gasteiger partial charge in [0.1, 0.15) is 5.58 Å². The Morgan fingerprint density at radius 2 is 1.97 bits per heavy atom. The smallest absolute Gasteiger partial charge is 0.228 e.